The average Bonchev–Trinajstić information content (AvgIpc) is 2.48. The highest BCUT2D eigenvalue weighted by molar-refractivity contribution is 5.55. The van der Waals surface area contributed by atoms with Crippen molar-refractivity contribution in [3.63, 3.8) is 0 Å². The van der Waals surface area contributed by atoms with Crippen molar-refractivity contribution in [1.82, 2.24) is 4.90 Å². The van der Waals surface area contributed by atoms with Gasteiger partial charge in [0.05, 0.1) is 0 Å². The summed E-state index contributed by atoms with van der Waals surface area (Å²) in [6, 6.07) is 6.78. The Kier molecular flexibility index (Phi) is 2.76. The molecule has 3 fully saturated rings. The van der Waals surface area contributed by atoms with Crippen LogP contribution in [0.2, 0.25) is 0 Å². The number of hydrogen-bond donors (Lipinski definition) is 1. The lowest BCUT2D eigenvalue weighted by Gasteiger charge is -2.45. The lowest BCUT2D eigenvalue weighted by molar-refractivity contribution is 0.0975. The molecule has 1 aromatic carbocycles. The molecule has 4 heteroatoms. The Morgan fingerprint density at radius 1 is 1.05 bits per heavy atom. The number of hydrogen-bond acceptors (Lipinski definition) is 4. The molecule has 19 heavy (non-hydrogen) atoms. The normalized spacial score (nSPS) is 32.1. The fraction of sp³-hybridized carbons (Fsp3) is 0.600. The Balaban J connectivity index is 1.50. The Bertz CT molecular complexity index is 469. The number of benzene rings is 1. The van der Waals surface area contributed by atoms with Crippen molar-refractivity contribution >= 4 is 5.69 Å². The first-order valence-corrected chi connectivity index (χ1v) is 7.27. The fourth-order valence-electron chi connectivity index (χ4n) is 3.48. The first-order valence-electron chi connectivity index (χ1n) is 7.27. The summed E-state index contributed by atoms with van der Waals surface area (Å²) in [5.74, 6) is 2.57. The minimum Gasteiger partial charge on any atom is -0.486 e. The summed E-state index contributed by atoms with van der Waals surface area (Å²) in [6.07, 6.45) is 2.67. The van der Waals surface area contributed by atoms with Crippen LogP contribution in [0.4, 0.5) is 5.69 Å². The van der Waals surface area contributed by atoms with Gasteiger partial charge < -0.3 is 19.7 Å². The second-order valence-corrected chi connectivity index (χ2v) is 5.75. The van der Waals surface area contributed by atoms with Gasteiger partial charge in [-0.1, -0.05) is 0 Å². The Morgan fingerprint density at radius 2 is 1.84 bits per heavy atom. The van der Waals surface area contributed by atoms with Gasteiger partial charge in [-0.25, -0.2) is 0 Å². The number of fused-ring (bicyclic) bond motifs is 4. The van der Waals surface area contributed by atoms with Gasteiger partial charge in [-0.15, -0.1) is 0 Å². The Morgan fingerprint density at radius 3 is 2.58 bits per heavy atom. The molecule has 0 radical (unpaired) electrons. The van der Waals surface area contributed by atoms with E-state index in [-0.39, 0.29) is 0 Å². The topological polar surface area (TPSA) is 33.7 Å². The van der Waals surface area contributed by atoms with Crippen molar-refractivity contribution in [1.29, 1.82) is 0 Å². The molecule has 1 aromatic rings. The Hall–Kier alpha value is -1.42. The molecule has 1 atom stereocenters. The molecule has 4 nitrogen and oxygen atoms in total. The summed E-state index contributed by atoms with van der Waals surface area (Å²) >= 11 is 0. The van der Waals surface area contributed by atoms with Crippen LogP contribution >= 0.6 is 0 Å². The number of anilines is 1. The molecule has 0 aromatic heterocycles. The molecular weight excluding hydrogens is 240 g/mol. The first kappa shape index (κ1) is 11.4. The number of ether oxygens (including phenoxy) is 2. The van der Waals surface area contributed by atoms with Crippen molar-refractivity contribution in [2.45, 2.75) is 18.9 Å². The second kappa shape index (κ2) is 4.60. The van der Waals surface area contributed by atoms with Crippen molar-refractivity contribution in [3.05, 3.63) is 18.2 Å². The minimum absolute atomic E-state index is 0.588. The Labute approximate surface area is 113 Å². The summed E-state index contributed by atoms with van der Waals surface area (Å²) in [5, 5.41) is 3.69. The van der Waals surface area contributed by atoms with E-state index in [9.17, 15) is 0 Å². The molecule has 102 valence electrons. The molecule has 0 amide bonds. The molecular formula is C15H20N2O2. The molecule has 5 rings (SSSR count). The maximum Gasteiger partial charge on any atom is 0.163 e. The van der Waals surface area contributed by atoms with Gasteiger partial charge in [0.2, 0.25) is 0 Å². The van der Waals surface area contributed by atoms with Gasteiger partial charge in [0, 0.05) is 24.3 Å². The molecule has 1 N–H and O–H groups in total. The average molecular weight is 260 g/mol. The van der Waals surface area contributed by atoms with E-state index < -0.39 is 0 Å². The molecule has 3 saturated heterocycles. The van der Waals surface area contributed by atoms with Crippen LogP contribution < -0.4 is 14.8 Å². The highest BCUT2D eigenvalue weighted by Crippen LogP contribution is 2.35. The van der Waals surface area contributed by atoms with Crippen molar-refractivity contribution in [2.24, 2.45) is 5.92 Å². The van der Waals surface area contributed by atoms with Crippen molar-refractivity contribution in [3.8, 4) is 11.5 Å². The predicted octanol–water partition coefficient (Wildman–Crippen LogP) is 1.96. The quantitative estimate of drug-likeness (QED) is 0.881. The zero-order valence-electron chi connectivity index (χ0n) is 11.1. The van der Waals surface area contributed by atoms with Crippen LogP contribution in [-0.2, 0) is 0 Å². The number of piperidine rings is 3. The van der Waals surface area contributed by atoms with E-state index in [4.69, 9.17) is 9.47 Å². The van der Waals surface area contributed by atoms with Gasteiger partial charge >= 0.3 is 0 Å². The van der Waals surface area contributed by atoms with Crippen LogP contribution in [0.15, 0.2) is 18.2 Å². The molecule has 0 spiro atoms. The third kappa shape index (κ3) is 2.14. The molecule has 1 unspecified atom stereocenters. The van der Waals surface area contributed by atoms with E-state index in [1.54, 1.807) is 0 Å². The standard InChI is InChI=1S/C15H20N2O2/c1-2-14-15(19-8-7-18-14)9-12(1)16-13-10-17-5-3-11(13)4-6-17/h1-2,9,11,13,16H,3-8,10H2. The largest absolute Gasteiger partial charge is 0.486 e. The van der Waals surface area contributed by atoms with Gasteiger partial charge in [-0.05, 0) is 44.0 Å². The van der Waals surface area contributed by atoms with Crippen molar-refractivity contribution in [2.75, 3.05) is 38.2 Å². The predicted molar refractivity (Wildman–Crippen MR) is 74.0 cm³/mol. The van der Waals surface area contributed by atoms with Gasteiger partial charge in [0.1, 0.15) is 13.2 Å². The third-order valence-corrected chi connectivity index (χ3v) is 4.55. The number of nitrogens with one attached hydrogen (secondary N) is 1. The SMILES string of the molecule is c1cc2c(cc1NC1CN3CCC1CC3)OCCO2. The van der Waals surface area contributed by atoms with Gasteiger partial charge in [-0.3, -0.25) is 0 Å². The van der Waals surface area contributed by atoms with Gasteiger partial charge in [0.25, 0.3) is 0 Å². The minimum atomic E-state index is 0.588. The molecule has 4 aliphatic heterocycles. The maximum absolute atomic E-state index is 5.64. The van der Waals surface area contributed by atoms with Crippen LogP contribution in [0.25, 0.3) is 0 Å². The van der Waals surface area contributed by atoms with Gasteiger partial charge in [0.15, 0.2) is 11.5 Å². The van der Waals surface area contributed by atoms with E-state index in [1.165, 1.54) is 32.5 Å². The van der Waals surface area contributed by atoms with Crippen LogP contribution in [-0.4, -0.2) is 43.8 Å². The number of nitrogens with zero attached hydrogens (tertiary/aromatic N) is 1. The zero-order valence-corrected chi connectivity index (χ0v) is 11.1. The maximum atomic E-state index is 5.64. The first-order chi connectivity index (χ1) is 9.38. The van der Waals surface area contributed by atoms with Crippen LogP contribution in [0, 0.1) is 5.92 Å². The molecule has 0 aliphatic carbocycles. The smallest absolute Gasteiger partial charge is 0.163 e. The van der Waals surface area contributed by atoms with Crippen LogP contribution in [0.1, 0.15) is 12.8 Å². The monoisotopic (exact) mass is 260 g/mol. The molecule has 2 bridgehead atoms. The second-order valence-electron chi connectivity index (χ2n) is 5.75. The molecule has 0 saturated carbocycles. The van der Waals surface area contributed by atoms with Crippen LogP contribution in [0.5, 0.6) is 11.5 Å². The zero-order chi connectivity index (χ0) is 12.7. The van der Waals surface area contributed by atoms with E-state index in [0.717, 1.165) is 23.1 Å². The summed E-state index contributed by atoms with van der Waals surface area (Å²) < 4.78 is 11.2. The lowest BCUT2D eigenvalue weighted by Crippen LogP contribution is -2.53. The highest BCUT2D eigenvalue weighted by atomic mass is 16.6. The molecule has 4 heterocycles. The van der Waals surface area contributed by atoms with E-state index in [2.05, 4.69) is 22.3 Å². The van der Waals surface area contributed by atoms with E-state index >= 15 is 0 Å². The summed E-state index contributed by atoms with van der Waals surface area (Å²) in [7, 11) is 0. The van der Waals surface area contributed by atoms with Crippen LogP contribution in [0.3, 0.4) is 0 Å². The summed E-state index contributed by atoms with van der Waals surface area (Å²) in [6.45, 7) is 5.04. The fourth-order valence-corrected chi connectivity index (χ4v) is 3.48. The highest BCUT2D eigenvalue weighted by Gasteiger charge is 2.34. The van der Waals surface area contributed by atoms with Crippen molar-refractivity contribution < 1.29 is 9.47 Å². The number of rotatable bonds is 2. The van der Waals surface area contributed by atoms with Gasteiger partial charge in [-0.2, -0.15) is 0 Å². The van der Waals surface area contributed by atoms with E-state index in [0.29, 0.717) is 19.3 Å². The third-order valence-electron chi connectivity index (χ3n) is 4.55. The summed E-state index contributed by atoms with van der Waals surface area (Å²) in [4.78, 5) is 2.57. The summed E-state index contributed by atoms with van der Waals surface area (Å²) in [5.41, 5.74) is 1.16. The van der Waals surface area contributed by atoms with E-state index in [1.807, 2.05) is 6.07 Å². The molecule has 4 aliphatic rings. The lowest BCUT2D eigenvalue weighted by atomic mass is 9.84.